The molecule has 3 heteroatoms. The fourth-order valence-corrected chi connectivity index (χ4v) is 3.37. The van der Waals surface area contributed by atoms with Crippen molar-refractivity contribution in [1.82, 2.24) is 4.98 Å². The van der Waals surface area contributed by atoms with Gasteiger partial charge in [-0.05, 0) is 38.5 Å². The summed E-state index contributed by atoms with van der Waals surface area (Å²) >= 11 is 1.73. The minimum atomic E-state index is -0.120. The number of rotatable bonds is 2. The van der Waals surface area contributed by atoms with Crippen LogP contribution in [-0.4, -0.2) is 4.98 Å². The van der Waals surface area contributed by atoms with E-state index in [4.69, 9.17) is 5.73 Å². The maximum Gasteiger partial charge on any atom is 0.113 e. The summed E-state index contributed by atoms with van der Waals surface area (Å²) in [6.45, 7) is 4.32. The molecule has 1 aromatic rings. The van der Waals surface area contributed by atoms with Crippen molar-refractivity contribution in [2.45, 2.75) is 51.5 Å². The second kappa shape index (κ2) is 4.22. The molecule has 1 saturated carbocycles. The molecule has 0 radical (unpaired) electrons. The molecule has 0 amide bonds. The number of hydrogen-bond acceptors (Lipinski definition) is 3. The smallest absolute Gasteiger partial charge is 0.113 e. The summed E-state index contributed by atoms with van der Waals surface area (Å²) in [5.41, 5.74) is 7.45. The molecule has 15 heavy (non-hydrogen) atoms. The quantitative estimate of drug-likeness (QED) is 0.838. The Balaban J connectivity index is 2.09. The van der Waals surface area contributed by atoms with E-state index < -0.39 is 0 Å². The molecule has 1 aliphatic carbocycles. The van der Waals surface area contributed by atoms with Crippen LogP contribution in [0, 0.1) is 12.8 Å². The molecule has 1 aliphatic rings. The standard InChI is InChI=1S/C12H20N2S/c1-3-10-4-6-12(13,7-5-10)11-14-9(2)8-15-11/h8,10H,3-7,13H2,1-2H3. The first-order valence-corrected chi connectivity index (χ1v) is 6.73. The van der Waals surface area contributed by atoms with Crippen molar-refractivity contribution >= 4 is 11.3 Å². The summed E-state index contributed by atoms with van der Waals surface area (Å²) in [6.07, 6.45) is 6.06. The third-order valence-electron chi connectivity index (χ3n) is 3.62. The van der Waals surface area contributed by atoms with Crippen LogP contribution < -0.4 is 5.73 Å². The highest BCUT2D eigenvalue weighted by atomic mass is 32.1. The third kappa shape index (κ3) is 2.23. The highest BCUT2D eigenvalue weighted by Crippen LogP contribution is 2.39. The van der Waals surface area contributed by atoms with Crippen LogP contribution in [0.25, 0.3) is 0 Å². The van der Waals surface area contributed by atoms with Crippen LogP contribution in [-0.2, 0) is 5.54 Å². The molecule has 1 fully saturated rings. The predicted octanol–water partition coefficient (Wildman–Crippen LogP) is 3.21. The first-order valence-electron chi connectivity index (χ1n) is 5.85. The second-order valence-corrected chi connectivity index (χ2v) is 5.66. The fourth-order valence-electron chi connectivity index (χ4n) is 2.40. The topological polar surface area (TPSA) is 38.9 Å². The van der Waals surface area contributed by atoms with E-state index in [-0.39, 0.29) is 5.54 Å². The molecule has 1 heterocycles. The molecule has 2 N–H and O–H groups in total. The maximum absolute atomic E-state index is 6.46. The Kier molecular flexibility index (Phi) is 3.12. The summed E-state index contributed by atoms with van der Waals surface area (Å²) in [5.74, 6) is 0.891. The molecule has 84 valence electrons. The van der Waals surface area contributed by atoms with Gasteiger partial charge in [0.1, 0.15) is 5.01 Å². The van der Waals surface area contributed by atoms with Crippen molar-refractivity contribution in [2.24, 2.45) is 11.7 Å². The van der Waals surface area contributed by atoms with Crippen molar-refractivity contribution in [1.29, 1.82) is 0 Å². The zero-order chi connectivity index (χ0) is 10.9. The molecule has 1 aromatic heterocycles. The van der Waals surface area contributed by atoms with Gasteiger partial charge in [-0.25, -0.2) is 4.98 Å². The second-order valence-electron chi connectivity index (χ2n) is 4.80. The molecule has 2 rings (SSSR count). The highest BCUT2D eigenvalue weighted by molar-refractivity contribution is 7.09. The van der Waals surface area contributed by atoms with Gasteiger partial charge in [0.15, 0.2) is 0 Å². The fraction of sp³-hybridized carbons (Fsp3) is 0.750. The molecular weight excluding hydrogens is 204 g/mol. The molecular formula is C12H20N2S. The summed E-state index contributed by atoms with van der Waals surface area (Å²) in [6, 6.07) is 0. The van der Waals surface area contributed by atoms with Crippen LogP contribution in [0.4, 0.5) is 0 Å². The van der Waals surface area contributed by atoms with Gasteiger partial charge in [-0.3, -0.25) is 0 Å². The molecule has 0 atom stereocenters. The third-order valence-corrected chi connectivity index (χ3v) is 4.80. The van der Waals surface area contributed by atoms with Crippen LogP contribution in [0.2, 0.25) is 0 Å². The van der Waals surface area contributed by atoms with E-state index in [0.29, 0.717) is 0 Å². The normalized spacial score (nSPS) is 31.8. The first kappa shape index (κ1) is 11.1. The Hall–Kier alpha value is -0.410. The molecule has 0 spiro atoms. The Morgan fingerprint density at radius 2 is 2.20 bits per heavy atom. The predicted molar refractivity (Wildman–Crippen MR) is 65.0 cm³/mol. The molecule has 0 unspecified atom stereocenters. The molecule has 2 nitrogen and oxygen atoms in total. The highest BCUT2D eigenvalue weighted by Gasteiger charge is 2.34. The van der Waals surface area contributed by atoms with Gasteiger partial charge >= 0.3 is 0 Å². The van der Waals surface area contributed by atoms with Crippen molar-refractivity contribution in [3.8, 4) is 0 Å². The van der Waals surface area contributed by atoms with Crippen LogP contribution in [0.1, 0.15) is 49.7 Å². The van der Waals surface area contributed by atoms with Crippen LogP contribution >= 0.6 is 11.3 Å². The summed E-state index contributed by atoms with van der Waals surface area (Å²) in [4.78, 5) is 4.55. The lowest BCUT2D eigenvalue weighted by molar-refractivity contribution is 0.231. The van der Waals surface area contributed by atoms with E-state index in [1.54, 1.807) is 11.3 Å². The van der Waals surface area contributed by atoms with E-state index in [9.17, 15) is 0 Å². The van der Waals surface area contributed by atoms with Gasteiger partial charge in [-0.1, -0.05) is 13.3 Å². The van der Waals surface area contributed by atoms with Crippen molar-refractivity contribution < 1.29 is 0 Å². The molecule has 0 saturated heterocycles. The lowest BCUT2D eigenvalue weighted by atomic mass is 9.76. The Labute approximate surface area is 95.9 Å². The van der Waals surface area contributed by atoms with Crippen LogP contribution in [0.3, 0.4) is 0 Å². The number of nitrogens with two attached hydrogens (primary N) is 1. The monoisotopic (exact) mass is 224 g/mol. The lowest BCUT2D eigenvalue weighted by Gasteiger charge is -2.35. The lowest BCUT2D eigenvalue weighted by Crippen LogP contribution is -2.40. The Morgan fingerprint density at radius 3 is 2.67 bits per heavy atom. The minimum Gasteiger partial charge on any atom is -0.319 e. The number of nitrogens with zero attached hydrogens (tertiary/aromatic N) is 1. The van der Waals surface area contributed by atoms with Gasteiger partial charge < -0.3 is 5.73 Å². The SMILES string of the molecule is CCC1CCC(N)(c2nc(C)cs2)CC1. The van der Waals surface area contributed by atoms with E-state index in [2.05, 4.69) is 17.3 Å². The largest absolute Gasteiger partial charge is 0.319 e. The number of aryl methyl sites for hydroxylation is 1. The van der Waals surface area contributed by atoms with Gasteiger partial charge in [0.25, 0.3) is 0 Å². The Bertz CT molecular complexity index is 324. The first-order chi connectivity index (χ1) is 7.14. The van der Waals surface area contributed by atoms with Crippen LogP contribution in [0.5, 0.6) is 0 Å². The number of hydrogen-bond donors (Lipinski definition) is 1. The number of thiazole rings is 1. The zero-order valence-electron chi connectivity index (χ0n) is 9.62. The molecule has 0 aliphatic heterocycles. The van der Waals surface area contributed by atoms with Crippen LogP contribution in [0.15, 0.2) is 5.38 Å². The van der Waals surface area contributed by atoms with Gasteiger partial charge in [-0.2, -0.15) is 0 Å². The Morgan fingerprint density at radius 1 is 1.53 bits per heavy atom. The van der Waals surface area contributed by atoms with E-state index in [1.807, 2.05) is 6.92 Å². The van der Waals surface area contributed by atoms with E-state index in [0.717, 1.165) is 29.5 Å². The van der Waals surface area contributed by atoms with Crippen molar-refractivity contribution in [3.05, 3.63) is 16.1 Å². The minimum absolute atomic E-state index is 0.120. The number of aromatic nitrogens is 1. The van der Waals surface area contributed by atoms with Crippen molar-refractivity contribution in [3.63, 3.8) is 0 Å². The zero-order valence-corrected chi connectivity index (χ0v) is 10.4. The maximum atomic E-state index is 6.46. The summed E-state index contributed by atoms with van der Waals surface area (Å²) in [7, 11) is 0. The average Bonchev–Trinajstić information content (AvgIpc) is 2.67. The van der Waals surface area contributed by atoms with Gasteiger partial charge in [0.2, 0.25) is 0 Å². The molecule has 0 aromatic carbocycles. The van der Waals surface area contributed by atoms with Gasteiger partial charge in [-0.15, -0.1) is 11.3 Å². The van der Waals surface area contributed by atoms with Crippen molar-refractivity contribution in [2.75, 3.05) is 0 Å². The average molecular weight is 224 g/mol. The molecule has 0 bridgehead atoms. The summed E-state index contributed by atoms with van der Waals surface area (Å²) in [5, 5.41) is 3.25. The van der Waals surface area contributed by atoms with E-state index in [1.165, 1.54) is 19.3 Å². The summed E-state index contributed by atoms with van der Waals surface area (Å²) < 4.78 is 0. The van der Waals surface area contributed by atoms with Gasteiger partial charge in [0.05, 0.1) is 5.54 Å². The van der Waals surface area contributed by atoms with Gasteiger partial charge in [0, 0.05) is 11.1 Å². The van der Waals surface area contributed by atoms with E-state index >= 15 is 0 Å².